The third-order valence-corrected chi connectivity index (χ3v) is 6.87. The third kappa shape index (κ3) is 3.48. The molecule has 1 aromatic carbocycles. The van der Waals surface area contributed by atoms with Crippen molar-refractivity contribution in [2.75, 3.05) is 13.1 Å². The van der Waals surface area contributed by atoms with Gasteiger partial charge in [0.25, 0.3) is 0 Å². The van der Waals surface area contributed by atoms with E-state index in [1.807, 2.05) is 0 Å². The zero-order valence-corrected chi connectivity index (χ0v) is 14.8. The monoisotopic (exact) mass is 351 g/mol. The maximum atomic E-state index is 12.8. The number of amides is 1. The number of carbonyl (C=O) groups excluding carboxylic acids is 1. The summed E-state index contributed by atoms with van der Waals surface area (Å²) in [5.41, 5.74) is 0. The smallest absolute Gasteiger partial charge is 0.243 e. The highest BCUT2D eigenvalue weighted by Crippen LogP contribution is 2.26. The quantitative estimate of drug-likeness (QED) is 0.851. The van der Waals surface area contributed by atoms with E-state index in [-0.39, 0.29) is 22.9 Å². The summed E-state index contributed by atoms with van der Waals surface area (Å²) >= 11 is 0. The number of rotatable bonds is 4. The molecular formula is C17H25N3O3S. The van der Waals surface area contributed by atoms with Crippen LogP contribution in [0.5, 0.6) is 0 Å². The van der Waals surface area contributed by atoms with E-state index < -0.39 is 16.1 Å². The van der Waals surface area contributed by atoms with E-state index in [1.54, 1.807) is 30.3 Å². The Balaban J connectivity index is 1.74. The number of nitrogens with one attached hydrogen (secondary N) is 2. The molecule has 2 N–H and O–H groups in total. The summed E-state index contributed by atoms with van der Waals surface area (Å²) in [6, 6.07) is 8.01. The maximum Gasteiger partial charge on any atom is 0.243 e. The molecule has 7 heteroatoms. The Labute approximate surface area is 143 Å². The van der Waals surface area contributed by atoms with Crippen LogP contribution in [0.2, 0.25) is 0 Å². The van der Waals surface area contributed by atoms with Crippen LogP contribution in [-0.4, -0.2) is 49.8 Å². The van der Waals surface area contributed by atoms with Crippen LogP contribution in [-0.2, 0) is 14.8 Å². The van der Waals surface area contributed by atoms with Crippen LogP contribution < -0.4 is 10.6 Å². The summed E-state index contributed by atoms with van der Waals surface area (Å²) in [5.74, 6) is -0.174. The lowest BCUT2D eigenvalue weighted by molar-refractivity contribution is -0.125. The van der Waals surface area contributed by atoms with Gasteiger partial charge in [0.05, 0.1) is 4.90 Å². The first-order valence-corrected chi connectivity index (χ1v) is 10.0. The van der Waals surface area contributed by atoms with E-state index in [2.05, 4.69) is 17.6 Å². The average molecular weight is 351 g/mol. The van der Waals surface area contributed by atoms with Gasteiger partial charge in [-0.3, -0.25) is 4.79 Å². The van der Waals surface area contributed by atoms with Crippen molar-refractivity contribution in [1.29, 1.82) is 0 Å². The second-order valence-electron chi connectivity index (χ2n) is 6.59. The van der Waals surface area contributed by atoms with Crippen molar-refractivity contribution in [1.82, 2.24) is 14.9 Å². The second-order valence-corrected chi connectivity index (χ2v) is 8.48. The third-order valence-electron chi connectivity index (χ3n) is 4.95. The van der Waals surface area contributed by atoms with Gasteiger partial charge in [-0.15, -0.1) is 0 Å². The number of nitrogens with zero attached hydrogens (tertiary/aromatic N) is 1. The summed E-state index contributed by atoms with van der Waals surface area (Å²) < 4.78 is 27.0. The molecule has 1 amide bonds. The van der Waals surface area contributed by atoms with Crippen LogP contribution in [0, 0.1) is 0 Å². The normalized spacial score (nSPS) is 28.6. The Kier molecular flexibility index (Phi) is 5.22. The zero-order valence-electron chi connectivity index (χ0n) is 13.9. The summed E-state index contributed by atoms with van der Waals surface area (Å²) in [6.45, 7) is 3.41. The summed E-state index contributed by atoms with van der Waals surface area (Å²) in [4.78, 5) is 13.0. The molecule has 0 bridgehead atoms. The van der Waals surface area contributed by atoms with Gasteiger partial charge in [0.1, 0.15) is 6.04 Å². The van der Waals surface area contributed by atoms with Gasteiger partial charge in [-0.2, -0.15) is 4.31 Å². The Morgan fingerprint density at radius 1 is 1.21 bits per heavy atom. The van der Waals surface area contributed by atoms with Crippen molar-refractivity contribution in [3.05, 3.63) is 30.3 Å². The van der Waals surface area contributed by atoms with Crippen molar-refractivity contribution in [3.8, 4) is 0 Å². The van der Waals surface area contributed by atoms with Crippen LogP contribution in [0.3, 0.4) is 0 Å². The van der Waals surface area contributed by atoms with Crippen LogP contribution in [0.25, 0.3) is 0 Å². The molecule has 3 atom stereocenters. The molecule has 2 aliphatic rings. The van der Waals surface area contributed by atoms with Crippen molar-refractivity contribution in [2.24, 2.45) is 0 Å². The Morgan fingerprint density at radius 2 is 1.96 bits per heavy atom. The molecule has 2 fully saturated rings. The van der Waals surface area contributed by atoms with E-state index in [4.69, 9.17) is 0 Å². The van der Waals surface area contributed by atoms with E-state index in [0.717, 1.165) is 19.4 Å². The number of sulfonamides is 1. The first-order chi connectivity index (χ1) is 11.5. The highest BCUT2D eigenvalue weighted by atomic mass is 32.2. The number of hydrogen-bond donors (Lipinski definition) is 2. The first-order valence-electron chi connectivity index (χ1n) is 8.61. The molecule has 2 aliphatic heterocycles. The molecule has 132 valence electrons. The largest absolute Gasteiger partial charge is 0.350 e. The lowest BCUT2D eigenvalue weighted by Gasteiger charge is -2.32. The van der Waals surface area contributed by atoms with Gasteiger partial charge in [-0.05, 0) is 51.3 Å². The van der Waals surface area contributed by atoms with E-state index in [1.165, 1.54) is 4.31 Å². The standard InChI is InChI=1S/C17H25N3O3S/c1-13-15(9-5-11-18-13)19-17(21)16-10-6-12-20(16)24(22,23)14-7-3-2-4-8-14/h2-4,7-8,13,15-16,18H,5-6,9-12H2,1H3,(H,19,21). The van der Waals surface area contributed by atoms with Gasteiger partial charge in [0.15, 0.2) is 0 Å². The van der Waals surface area contributed by atoms with Crippen LogP contribution in [0.4, 0.5) is 0 Å². The Hall–Kier alpha value is -1.44. The van der Waals surface area contributed by atoms with Gasteiger partial charge >= 0.3 is 0 Å². The lowest BCUT2D eigenvalue weighted by Crippen LogP contribution is -2.56. The molecule has 0 aliphatic carbocycles. The topological polar surface area (TPSA) is 78.5 Å². The van der Waals surface area contributed by atoms with Gasteiger partial charge < -0.3 is 10.6 Å². The minimum Gasteiger partial charge on any atom is -0.350 e. The molecule has 24 heavy (non-hydrogen) atoms. The molecule has 3 rings (SSSR count). The highest BCUT2D eigenvalue weighted by molar-refractivity contribution is 7.89. The summed E-state index contributed by atoms with van der Waals surface area (Å²) in [6.07, 6.45) is 3.24. The molecule has 2 heterocycles. The Morgan fingerprint density at radius 3 is 2.67 bits per heavy atom. The fourth-order valence-electron chi connectivity index (χ4n) is 3.54. The number of carbonyl (C=O) groups is 1. The van der Waals surface area contributed by atoms with Crippen LogP contribution in [0.15, 0.2) is 35.2 Å². The summed E-state index contributed by atoms with van der Waals surface area (Å²) in [7, 11) is -3.63. The molecule has 6 nitrogen and oxygen atoms in total. The van der Waals surface area contributed by atoms with Gasteiger partial charge in [0, 0.05) is 18.6 Å². The van der Waals surface area contributed by atoms with E-state index in [9.17, 15) is 13.2 Å². The molecule has 3 unspecified atom stereocenters. The average Bonchev–Trinajstić information content (AvgIpc) is 3.08. The van der Waals surface area contributed by atoms with E-state index >= 15 is 0 Å². The van der Waals surface area contributed by atoms with Crippen molar-refractivity contribution >= 4 is 15.9 Å². The molecule has 0 aromatic heterocycles. The fourth-order valence-corrected chi connectivity index (χ4v) is 5.22. The molecule has 0 saturated carbocycles. The predicted molar refractivity (Wildman–Crippen MR) is 92.0 cm³/mol. The summed E-state index contributed by atoms with van der Waals surface area (Å²) in [5, 5.41) is 6.41. The maximum absolute atomic E-state index is 12.8. The predicted octanol–water partition coefficient (Wildman–Crippen LogP) is 1.10. The second kappa shape index (κ2) is 7.21. The molecule has 0 spiro atoms. The molecular weight excluding hydrogens is 326 g/mol. The molecule has 2 saturated heterocycles. The van der Waals surface area contributed by atoms with Crippen molar-refractivity contribution in [3.63, 3.8) is 0 Å². The van der Waals surface area contributed by atoms with E-state index in [0.29, 0.717) is 19.4 Å². The van der Waals surface area contributed by atoms with Gasteiger partial charge in [0.2, 0.25) is 15.9 Å². The lowest BCUT2D eigenvalue weighted by atomic mass is 9.99. The first kappa shape index (κ1) is 17.4. The number of hydrogen-bond acceptors (Lipinski definition) is 4. The SMILES string of the molecule is CC1NCCCC1NC(=O)C1CCCN1S(=O)(=O)c1ccccc1. The fraction of sp³-hybridized carbons (Fsp3) is 0.588. The minimum absolute atomic E-state index is 0.0631. The molecule has 0 radical (unpaired) electrons. The van der Waals surface area contributed by atoms with Gasteiger partial charge in [-0.1, -0.05) is 18.2 Å². The molecule has 1 aromatic rings. The number of piperidine rings is 1. The highest BCUT2D eigenvalue weighted by Gasteiger charge is 2.40. The van der Waals surface area contributed by atoms with Crippen LogP contribution in [0.1, 0.15) is 32.6 Å². The van der Waals surface area contributed by atoms with Crippen molar-refractivity contribution < 1.29 is 13.2 Å². The number of benzene rings is 1. The zero-order chi connectivity index (χ0) is 17.2. The minimum atomic E-state index is -3.63. The van der Waals surface area contributed by atoms with Crippen LogP contribution >= 0.6 is 0 Å². The van der Waals surface area contributed by atoms with Gasteiger partial charge in [-0.25, -0.2) is 8.42 Å². The Bertz CT molecular complexity index is 678. The van der Waals surface area contributed by atoms with Crippen molar-refractivity contribution in [2.45, 2.75) is 55.6 Å².